The maximum atomic E-state index is 12.8. The Hall–Kier alpha value is -1.78. The van der Waals surface area contributed by atoms with Gasteiger partial charge in [-0.25, -0.2) is 0 Å². The summed E-state index contributed by atoms with van der Waals surface area (Å²) in [6.07, 6.45) is 7.57. The molecule has 0 atom stereocenters. The molecule has 5 rings (SSSR count). The van der Waals surface area contributed by atoms with Crippen LogP contribution in [0, 0.1) is 30.6 Å². The molecule has 0 radical (unpaired) electrons. The molecule has 4 saturated carbocycles. The van der Waals surface area contributed by atoms with Crippen LogP contribution in [-0.4, -0.2) is 23.0 Å². The predicted octanol–water partition coefficient (Wildman–Crippen LogP) is 2.77. The van der Waals surface area contributed by atoms with Gasteiger partial charge in [-0.15, -0.1) is 0 Å². The molecule has 2 N–H and O–H groups in total. The third-order valence-electron chi connectivity index (χ3n) is 6.11. The van der Waals surface area contributed by atoms with Crippen LogP contribution in [0.1, 0.15) is 53.8 Å². The number of carboxylic acids is 1. The van der Waals surface area contributed by atoms with Gasteiger partial charge in [-0.05, 0) is 62.7 Å². The Labute approximate surface area is 135 Å². The molecule has 23 heavy (non-hydrogen) atoms. The maximum Gasteiger partial charge on any atom is 0.311 e. The zero-order valence-electron chi connectivity index (χ0n) is 13.4. The number of nitrogens with one attached hydrogen (secondary N) is 1. The minimum Gasteiger partial charge on any atom is -0.481 e. The van der Waals surface area contributed by atoms with Crippen molar-refractivity contribution < 1.29 is 19.1 Å². The van der Waals surface area contributed by atoms with Crippen LogP contribution in [0.5, 0.6) is 0 Å². The number of rotatable bonds is 4. The van der Waals surface area contributed by atoms with E-state index >= 15 is 0 Å². The Morgan fingerprint density at radius 2 is 1.78 bits per heavy atom. The summed E-state index contributed by atoms with van der Waals surface area (Å²) >= 11 is 0. The molecule has 1 heterocycles. The SMILES string of the molecule is Cc1coc(CC(=O)O)c1C(=O)NC1C2CC3CC(C2)CC1C3. The third-order valence-corrected chi connectivity index (χ3v) is 6.11. The maximum absolute atomic E-state index is 12.8. The second-order valence-corrected chi connectivity index (χ2v) is 7.72. The number of carbonyl (C=O) groups is 2. The lowest BCUT2D eigenvalue weighted by Crippen LogP contribution is -2.55. The highest BCUT2D eigenvalue weighted by atomic mass is 16.4. The first kappa shape index (κ1) is 14.8. The summed E-state index contributed by atoms with van der Waals surface area (Å²) in [7, 11) is 0. The Morgan fingerprint density at radius 1 is 1.17 bits per heavy atom. The molecular formula is C18H23NO4. The van der Waals surface area contributed by atoms with E-state index in [0.717, 1.165) is 11.8 Å². The van der Waals surface area contributed by atoms with E-state index in [-0.39, 0.29) is 24.1 Å². The first-order chi connectivity index (χ1) is 11.0. The predicted molar refractivity (Wildman–Crippen MR) is 83.1 cm³/mol. The van der Waals surface area contributed by atoms with Gasteiger partial charge < -0.3 is 14.8 Å². The van der Waals surface area contributed by atoms with Gasteiger partial charge in [0.15, 0.2) is 0 Å². The molecular weight excluding hydrogens is 294 g/mol. The van der Waals surface area contributed by atoms with Crippen LogP contribution in [-0.2, 0) is 11.2 Å². The van der Waals surface area contributed by atoms with Gasteiger partial charge in [0.25, 0.3) is 5.91 Å². The molecule has 0 unspecified atom stereocenters. The Morgan fingerprint density at radius 3 is 2.35 bits per heavy atom. The van der Waals surface area contributed by atoms with Crippen LogP contribution in [0.2, 0.25) is 0 Å². The standard InChI is InChI=1S/C18H23NO4/c1-9-8-23-14(7-15(20)21)16(9)18(22)19-17-12-3-10-2-11(5-12)6-13(17)4-10/h8,10-13,17H,2-7H2,1H3,(H,19,22)(H,20,21). The molecule has 1 aromatic rings. The monoisotopic (exact) mass is 317 g/mol. The highest BCUT2D eigenvalue weighted by Gasteiger charge is 2.48. The smallest absolute Gasteiger partial charge is 0.311 e. The van der Waals surface area contributed by atoms with Crippen molar-refractivity contribution in [2.75, 3.05) is 0 Å². The van der Waals surface area contributed by atoms with E-state index in [2.05, 4.69) is 5.32 Å². The van der Waals surface area contributed by atoms with Crippen molar-refractivity contribution in [3.8, 4) is 0 Å². The van der Waals surface area contributed by atoms with Crippen LogP contribution in [0.25, 0.3) is 0 Å². The molecule has 5 nitrogen and oxygen atoms in total. The van der Waals surface area contributed by atoms with Crippen molar-refractivity contribution in [3.05, 3.63) is 23.2 Å². The molecule has 1 amide bonds. The van der Waals surface area contributed by atoms with Gasteiger partial charge >= 0.3 is 5.97 Å². The van der Waals surface area contributed by atoms with Crippen molar-refractivity contribution in [3.63, 3.8) is 0 Å². The number of furan rings is 1. The van der Waals surface area contributed by atoms with Gasteiger partial charge in [0.1, 0.15) is 12.2 Å². The highest BCUT2D eigenvalue weighted by molar-refractivity contribution is 5.97. The van der Waals surface area contributed by atoms with E-state index in [1.54, 1.807) is 6.92 Å². The quantitative estimate of drug-likeness (QED) is 0.895. The van der Waals surface area contributed by atoms with Crippen LogP contribution in [0.4, 0.5) is 0 Å². The van der Waals surface area contributed by atoms with E-state index in [1.165, 1.54) is 38.4 Å². The van der Waals surface area contributed by atoms with E-state index in [9.17, 15) is 9.59 Å². The van der Waals surface area contributed by atoms with Gasteiger partial charge in [-0.2, -0.15) is 0 Å². The fourth-order valence-corrected chi connectivity index (χ4v) is 5.45. The average Bonchev–Trinajstić information content (AvgIpc) is 2.82. The van der Waals surface area contributed by atoms with Crippen LogP contribution < -0.4 is 5.32 Å². The molecule has 0 spiro atoms. The second-order valence-electron chi connectivity index (χ2n) is 7.72. The topological polar surface area (TPSA) is 79.5 Å². The Bertz CT molecular complexity index is 619. The third kappa shape index (κ3) is 2.56. The number of aryl methyl sites for hydroxylation is 1. The molecule has 4 aliphatic carbocycles. The van der Waals surface area contributed by atoms with Crippen molar-refractivity contribution in [2.45, 2.75) is 51.5 Å². The van der Waals surface area contributed by atoms with E-state index < -0.39 is 5.97 Å². The average molecular weight is 317 g/mol. The molecule has 4 fully saturated rings. The minimum absolute atomic E-state index is 0.162. The van der Waals surface area contributed by atoms with Gasteiger partial charge in [0.2, 0.25) is 0 Å². The number of carboxylic acid groups (broad SMARTS) is 1. The molecule has 124 valence electrons. The summed E-state index contributed by atoms with van der Waals surface area (Å²) in [5.41, 5.74) is 1.13. The van der Waals surface area contributed by atoms with Crippen molar-refractivity contribution in [2.24, 2.45) is 23.7 Å². The Balaban J connectivity index is 1.52. The minimum atomic E-state index is -0.983. The van der Waals surface area contributed by atoms with Crippen LogP contribution >= 0.6 is 0 Å². The lowest BCUT2D eigenvalue weighted by molar-refractivity contribution is -0.136. The van der Waals surface area contributed by atoms with E-state index in [0.29, 0.717) is 23.0 Å². The zero-order valence-corrected chi connectivity index (χ0v) is 13.4. The van der Waals surface area contributed by atoms with E-state index in [4.69, 9.17) is 9.52 Å². The summed E-state index contributed by atoms with van der Waals surface area (Å²) < 4.78 is 5.29. The molecule has 5 heteroatoms. The normalized spacial score (nSPS) is 34.6. The van der Waals surface area contributed by atoms with Gasteiger partial charge in [-0.1, -0.05) is 0 Å². The summed E-state index contributed by atoms with van der Waals surface area (Å²) in [5.74, 6) is 2.05. The summed E-state index contributed by atoms with van der Waals surface area (Å²) in [6, 6.07) is 0.252. The van der Waals surface area contributed by atoms with Crippen LogP contribution in [0.3, 0.4) is 0 Å². The molecule has 0 saturated heterocycles. The first-order valence-electron chi connectivity index (χ1n) is 8.61. The van der Waals surface area contributed by atoms with Gasteiger partial charge in [0, 0.05) is 11.6 Å². The zero-order chi connectivity index (χ0) is 16.1. The molecule has 4 bridgehead atoms. The van der Waals surface area contributed by atoms with E-state index in [1.807, 2.05) is 0 Å². The van der Waals surface area contributed by atoms with Crippen molar-refractivity contribution in [1.29, 1.82) is 0 Å². The highest BCUT2D eigenvalue weighted by Crippen LogP contribution is 2.53. The van der Waals surface area contributed by atoms with Gasteiger partial charge in [0.05, 0.1) is 11.8 Å². The lowest BCUT2D eigenvalue weighted by atomic mass is 9.54. The molecule has 1 aromatic heterocycles. The number of amides is 1. The number of hydrogen-bond acceptors (Lipinski definition) is 3. The number of aliphatic carboxylic acids is 1. The van der Waals surface area contributed by atoms with Crippen molar-refractivity contribution in [1.82, 2.24) is 5.32 Å². The summed E-state index contributed by atoms with van der Waals surface area (Å²) in [5, 5.41) is 12.2. The summed E-state index contributed by atoms with van der Waals surface area (Å²) in [4.78, 5) is 23.7. The largest absolute Gasteiger partial charge is 0.481 e. The fraction of sp³-hybridized carbons (Fsp3) is 0.667. The molecule has 4 aliphatic rings. The lowest BCUT2D eigenvalue weighted by Gasteiger charge is -2.54. The fourth-order valence-electron chi connectivity index (χ4n) is 5.45. The Kier molecular flexibility index (Phi) is 3.47. The second kappa shape index (κ2) is 5.39. The number of hydrogen-bond donors (Lipinski definition) is 2. The molecule has 0 aromatic carbocycles. The van der Waals surface area contributed by atoms with Crippen molar-refractivity contribution >= 4 is 11.9 Å². The summed E-state index contributed by atoms with van der Waals surface area (Å²) in [6.45, 7) is 1.79. The van der Waals surface area contributed by atoms with Gasteiger partial charge in [-0.3, -0.25) is 9.59 Å². The first-order valence-corrected chi connectivity index (χ1v) is 8.61. The van der Waals surface area contributed by atoms with Crippen LogP contribution in [0.15, 0.2) is 10.7 Å². The number of carbonyl (C=O) groups excluding carboxylic acids is 1. The molecule has 0 aliphatic heterocycles.